The van der Waals surface area contributed by atoms with E-state index >= 15 is 0 Å². The van der Waals surface area contributed by atoms with Gasteiger partial charge in [0.2, 0.25) is 0 Å². The second-order valence-corrected chi connectivity index (χ2v) is 2.71. The first-order chi connectivity index (χ1) is 6.74. The predicted octanol–water partition coefficient (Wildman–Crippen LogP) is 1.89. The molecule has 0 unspecified atom stereocenters. The van der Waals surface area contributed by atoms with E-state index in [9.17, 15) is 4.79 Å². The van der Waals surface area contributed by atoms with Crippen LogP contribution in [0.4, 0.5) is 0 Å². The number of phenols is 2. The Hall–Kier alpha value is -1.99. The minimum Gasteiger partial charge on any atom is -0.504 e. The smallest absolute Gasteiger partial charge is 0.157 e. The van der Waals surface area contributed by atoms with Gasteiger partial charge < -0.3 is 10.2 Å². The van der Waals surface area contributed by atoms with E-state index < -0.39 is 0 Å². The van der Waals surface area contributed by atoms with Crippen LogP contribution in [0.5, 0.6) is 11.5 Å². The van der Waals surface area contributed by atoms with Crippen molar-refractivity contribution >= 4 is 12.0 Å². The quantitative estimate of drug-likeness (QED) is 0.565. The number of rotatable bonds is 3. The van der Waals surface area contributed by atoms with Crippen molar-refractivity contribution in [1.29, 1.82) is 0 Å². The first-order valence-electron chi connectivity index (χ1n) is 4.12. The molecule has 1 aromatic rings. The molecule has 1 aromatic carbocycles. The fourth-order valence-corrected chi connectivity index (χ4v) is 0.964. The number of carbonyl (C=O) groups excluding carboxylic acids is 1. The fourth-order valence-electron chi connectivity index (χ4n) is 0.964. The summed E-state index contributed by atoms with van der Waals surface area (Å²) in [5, 5.41) is 18.2. The number of hydrogen-bond acceptors (Lipinski definition) is 3. The van der Waals surface area contributed by atoms with E-state index in [1.165, 1.54) is 18.2 Å². The van der Waals surface area contributed by atoms with Crippen LogP contribution >= 0.6 is 0 Å². The van der Waals surface area contributed by atoms with Crippen molar-refractivity contribution in [1.82, 2.24) is 0 Å². The average Bonchev–Trinajstić information content (AvgIpc) is 2.18. The molecule has 14 heavy (non-hydrogen) atoms. The van der Waals surface area contributed by atoms with Gasteiger partial charge in [0.1, 0.15) is 5.94 Å². The molecule has 1 rings (SSSR count). The summed E-state index contributed by atoms with van der Waals surface area (Å²) in [6.45, 7) is 0. The number of benzene rings is 1. The third-order valence-corrected chi connectivity index (χ3v) is 1.65. The summed E-state index contributed by atoms with van der Waals surface area (Å²) >= 11 is 0. The molecule has 0 aliphatic carbocycles. The highest BCUT2D eigenvalue weighted by atomic mass is 16.3. The molecule has 72 valence electrons. The normalized spacial score (nSPS) is 10.0. The lowest BCUT2D eigenvalue weighted by Crippen LogP contribution is -1.72. The molecular formula is C11H10O3. The third kappa shape index (κ3) is 2.81. The van der Waals surface area contributed by atoms with Crippen molar-refractivity contribution in [3.05, 3.63) is 35.9 Å². The Kier molecular flexibility index (Phi) is 3.53. The molecule has 0 atom stereocenters. The van der Waals surface area contributed by atoms with Crippen molar-refractivity contribution in [3.63, 3.8) is 0 Å². The van der Waals surface area contributed by atoms with Gasteiger partial charge in [0.15, 0.2) is 11.5 Å². The lowest BCUT2D eigenvalue weighted by Gasteiger charge is -1.97. The molecule has 0 amide bonds. The first kappa shape index (κ1) is 10.1. The largest absolute Gasteiger partial charge is 0.504 e. The molecule has 0 aromatic heterocycles. The number of allylic oxidation sites excluding steroid dienone is 2. The minimum absolute atomic E-state index is 0.144. The summed E-state index contributed by atoms with van der Waals surface area (Å²) in [5.41, 5.74) is 0.764. The highest BCUT2D eigenvalue weighted by Gasteiger charge is 1.96. The molecule has 0 bridgehead atoms. The Bertz CT molecular complexity index is 388. The van der Waals surface area contributed by atoms with Crippen molar-refractivity contribution in [3.8, 4) is 11.5 Å². The molecule has 3 heteroatoms. The minimum atomic E-state index is -0.155. The fraction of sp³-hybridized carbons (Fsp3) is 0.0909. The van der Waals surface area contributed by atoms with Crippen LogP contribution in [0.3, 0.4) is 0 Å². The molecule has 0 radical (unpaired) electrons. The van der Waals surface area contributed by atoms with Gasteiger partial charge in [-0.1, -0.05) is 18.2 Å². The van der Waals surface area contributed by atoms with Gasteiger partial charge in [-0.05, 0) is 24.1 Å². The van der Waals surface area contributed by atoms with E-state index in [4.69, 9.17) is 10.2 Å². The Balaban J connectivity index is 2.72. The highest BCUT2D eigenvalue weighted by molar-refractivity contribution is 5.55. The second kappa shape index (κ2) is 4.90. The Morgan fingerprint density at radius 2 is 2.07 bits per heavy atom. The van der Waals surface area contributed by atoms with E-state index in [1.807, 2.05) is 0 Å². The molecule has 0 saturated carbocycles. The van der Waals surface area contributed by atoms with Crippen molar-refractivity contribution in [2.24, 2.45) is 0 Å². The van der Waals surface area contributed by atoms with Crippen molar-refractivity contribution < 1.29 is 15.0 Å². The summed E-state index contributed by atoms with van der Waals surface area (Å²) < 4.78 is 0. The molecule has 0 heterocycles. The van der Waals surface area contributed by atoms with Gasteiger partial charge in [-0.25, -0.2) is 4.79 Å². The first-order valence-corrected chi connectivity index (χ1v) is 4.12. The van der Waals surface area contributed by atoms with E-state index in [0.29, 0.717) is 6.42 Å². The molecule has 0 spiro atoms. The van der Waals surface area contributed by atoms with Crippen LogP contribution in [-0.2, 0) is 4.79 Å². The van der Waals surface area contributed by atoms with Crippen LogP contribution in [0.25, 0.3) is 6.08 Å². The van der Waals surface area contributed by atoms with Gasteiger partial charge >= 0.3 is 0 Å². The zero-order valence-corrected chi connectivity index (χ0v) is 7.47. The zero-order chi connectivity index (χ0) is 10.4. The van der Waals surface area contributed by atoms with E-state index in [0.717, 1.165) is 5.56 Å². The Morgan fingerprint density at radius 1 is 1.29 bits per heavy atom. The van der Waals surface area contributed by atoms with Gasteiger partial charge in [-0.2, -0.15) is 0 Å². The summed E-state index contributed by atoms with van der Waals surface area (Å²) in [7, 11) is 0. The van der Waals surface area contributed by atoms with Crippen molar-refractivity contribution in [2.75, 3.05) is 0 Å². The number of hydrogen-bond donors (Lipinski definition) is 2. The van der Waals surface area contributed by atoms with E-state index in [2.05, 4.69) is 0 Å². The monoisotopic (exact) mass is 190 g/mol. The molecule has 2 N–H and O–H groups in total. The number of phenolic OH excluding ortho intramolecular Hbond substituents is 2. The van der Waals surface area contributed by atoms with Gasteiger partial charge in [0, 0.05) is 6.08 Å². The van der Waals surface area contributed by atoms with Crippen LogP contribution in [-0.4, -0.2) is 16.2 Å². The topological polar surface area (TPSA) is 57.5 Å². The summed E-state index contributed by atoms with van der Waals surface area (Å²) in [6, 6.07) is 4.51. The zero-order valence-electron chi connectivity index (χ0n) is 7.47. The maximum Gasteiger partial charge on any atom is 0.157 e. The summed E-state index contributed by atoms with van der Waals surface area (Å²) in [4.78, 5) is 9.83. The second-order valence-electron chi connectivity index (χ2n) is 2.71. The lowest BCUT2D eigenvalue weighted by atomic mass is 10.2. The van der Waals surface area contributed by atoms with E-state index in [1.54, 1.807) is 24.2 Å². The van der Waals surface area contributed by atoms with Crippen LogP contribution in [0.15, 0.2) is 30.4 Å². The van der Waals surface area contributed by atoms with Gasteiger partial charge in [-0.3, -0.25) is 0 Å². The molecule has 0 aliphatic rings. The summed E-state index contributed by atoms with van der Waals surface area (Å²) in [5.74, 6) is 1.36. The van der Waals surface area contributed by atoms with Crippen LogP contribution < -0.4 is 0 Å². The van der Waals surface area contributed by atoms with Crippen LogP contribution in [0.2, 0.25) is 0 Å². The predicted molar refractivity (Wildman–Crippen MR) is 53.7 cm³/mol. The molecule has 0 saturated heterocycles. The summed E-state index contributed by atoms with van der Waals surface area (Å²) in [6.07, 6.45) is 5.37. The van der Waals surface area contributed by atoms with Gasteiger partial charge in [0.25, 0.3) is 0 Å². The molecular weight excluding hydrogens is 180 g/mol. The maximum absolute atomic E-state index is 9.83. The van der Waals surface area contributed by atoms with Crippen molar-refractivity contribution in [2.45, 2.75) is 6.42 Å². The highest BCUT2D eigenvalue weighted by Crippen LogP contribution is 2.25. The molecule has 0 fully saturated rings. The Labute approximate surface area is 81.6 Å². The SMILES string of the molecule is O=C=CC/C=C/c1ccc(O)c(O)c1. The van der Waals surface area contributed by atoms with E-state index in [-0.39, 0.29) is 11.5 Å². The molecule has 0 aliphatic heterocycles. The average molecular weight is 190 g/mol. The standard InChI is InChI=1S/C11H10O3/c12-7-3-1-2-4-9-5-6-10(13)11(14)8-9/h2-6,8,13-14H,1H2/b4-2+. The third-order valence-electron chi connectivity index (χ3n) is 1.65. The molecule has 3 nitrogen and oxygen atoms in total. The van der Waals surface area contributed by atoms with Crippen LogP contribution in [0.1, 0.15) is 12.0 Å². The Morgan fingerprint density at radius 3 is 2.71 bits per heavy atom. The number of aromatic hydroxyl groups is 2. The maximum atomic E-state index is 9.83. The lowest BCUT2D eigenvalue weighted by molar-refractivity contribution is 0.403. The van der Waals surface area contributed by atoms with Crippen LogP contribution in [0, 0.1) is 0 Å². The van der Waals surface area contributed by atoms with Gasteiger partial charge in [0.05, 0.1) is 0 Å². The van der Waals surface area contributed by atoms with Gasteiger partial charge in [-0.15, -0.1) is 0 Å².